The number of aromatic nitrogens is 1. The van der Waals surface area contributed by atoms with Crippen molar-refractivity contribution in [2.75, 3.05) is 5.32 Å². The average molecular weight is 367 g/mol. The minimum atomic E-state index is -3.80. The van der Waals surface area contributed by atoms with E-state index in [9.17, 15) is 12.8 Å². The molecule has 1 aromatic carbocycles. The molecule has 0 saturated heterocycles. The van der Waals surface area contributed by atoms with E-state index in [1.807, 2.05) is 0 Å². The lowest BCUT2D eigenvalue weighted by Crippen LogP contribution is -2.11. The molecule has 0 radical (unpaired) electrons. The van der Waals surface area contributed by atoms with E-state index in [2.05, 4.69) is 10.3 Å². The number of nitrogens with two attached hydrogens (primary N) is 1. The predicted molar refractivity (Wildman–Crippen MR) is 89.7 cm³/mol. The summed E-state index contributed by atoms with van der Waals surface area (Å²) in [6.07, 6.45) is 1.52. The van der Waals surface area contributed by atoms with Crippen molar-refractivity contribution < 1.29 is 17.2 Å². The Labute approximate surface area is 142 Å². The Balaban J connectivity index is 1.76. The number of thiazole rings is 1. The molecule has 0 bridgehead atoms. The highest BCUT2D eigenvalue weighted by molar-refractivity contribution is 7.91. The van der Waals surface area contributed by atoms with Crippen LogP contribution < -0.4 is 10.5 Å². The first-order valence-electron chi connectivity index (χ1n) is 6.91. The largest absolute Gasteiger partial charge is 0.464 e. The fourth-order valence-corrected chi connectivity index (χ4v) is 4.03. The van der Waals surface area contributed by atoms with Crippen LogP contribution in [0.25, 0.3) is 11.3 Å². The van der Waals surface area contributed by atoms with E-state index >= 15 is 0 Å². The van der Waals surface area contributed by atoms with Gasteiger partial charge in [-0.15, -0.1) is 0 Å². The van der Waals surface area contributed by atoms with Crippen LogP contribution in [0, 0.1) is 12.7 Å². The van der Waals surface area contributed by atoms with Crippen molar-refractivity contribution in [2.45, 2.75) is 17.7 Å². The van der Waals surface area contributed by atoms with Crippen molar-refractivity contribution in [3.63, 3.8) is 0 Å². The number of nitrogens with zero attached hydrogens (tertiary/aromatic N) is 1. The number of rotatable bonds is 5. The molecule has 0 unspecified atom stereocenters. The second-order valence-electron chi connectivity index (χ2n) is 5.07. The molecule has 3 aromatic rings. The summed E-state index contributed by atoms with van der Waals surface area (Å²) in [6, 6.07) is 8.26. The second kappa shape index (κ2) is 6.34. The van der Waals surface area contributed by atoms with Crippen molar-refractivity contribution in [1.29, 1.82) is 0 Å². The van der Waals surface area contributed by atoms with Crippen LogP contribution >= 0.6 is 11.3 Å². The van der Waals surface area contributed by atoms with Gasteiger partial charge >= 0.3 is 0 Å². The van der Waals surface area contributed by atoms with E-state index < -0.39 is 15.8 Å². The lowest BCUT2D eigenvalue weighted by Gasteiger charge is -2.06. The Kier molecular flexibility index (Phi) is 4.39. The summed E-state index contributed by atoms with van der Waals surface area (Å²) in [5, 5.41) is 8.39. The fourth-order valence-electron chi connectivity index (χ4n) is 2.18. The molecule has 2 heterocycles. The highest BCUT2D eigenvalue weighted by Gasteiger charge is 2.17. The number of sulfonamides is 1. The van der Waals surface area contributed by atoms with Crippen LogP contribution in [0.4, 0.5) is 9.52 Å². The molecule has 126 valence electrons. The Hall–Kier alpha value is -2.23. The summed E-state index contributed by atoms with van der Waals surface area (Å²) in [4.78, 5) is 4.09. The van der Waals surface area contributed by atoms with E-state index in [0.717, 1.165) is 11.3 Å². The first-order valence-corrected chi connectivity index (χ1v) is 9.27. The minimum Gasteiger partial charge on any atom is -0.464 e. The summed E-state index contributed by atoms with van der Waals surface area (Å²) in [6.45, 7) is 1.72. The van der Waals surface area contributed by atoms with Gasteiger partial charge in [0.1, 0.15) is 11.6 Å². The summed E-state index contributed by atoms with van der Waals surface area (Å²) in [5.41, 5.74) is 1.39. The number of benzene rings is 1. The molecular weight excluding hydrogens is 353 g/mol. The Morgan fingerprint density at radius 3 is 2.75 bits per heavy atom. The van der Waals surface area contributed by atoms with E-state index in [1.165, 1.54) is 12.3 Å². The number of nitrogens with one attached hydrogen (secondary N) is 1. The lowest BCUT2D eigenvalue weighted by molar-refractivity contribution is 0.579. The summed E-state index contributed by atoms with van der Waals surface area (Å²) in [7, 11) is -3.80. The summed E-state index contributed by atoms with van der Waals surface area (Å²) in [5.74, 6) is 0.193. The molecule has 0 aliphatic carbocycles. The molecule has 0 atom stereocenters. The number of halogens is 1. The minimum absolute atomic E-state index is 0.00126. The Bertz CT molecular complexity index is 966. The molecule has 0 saturated carbocycles. The van der Waals surface area contributed by atoms with E-state index in [-0.39, 0.29) is 10.8 Å². The third kappa shape index (κ3) is 3.48. The van der Waals surface area contributed by atoms with Gasteiger partial charge in [0.2, 0.25) is 10.0 Å². The summed E-state index contributed by atoms with van der Waals surface area (Å²) < 4.78 is 42.2. The van der Waals surface area contributed by atoms with Crippen LogP contribution in [-0.2, 0) is 16.6 Å². The predicted octanol–water partition coefficient (Wildman–Crippen LogP) is 3.11. The van der Waals surface area contributed by atoms with Gasteiger partial charge in [-0.2, -0.15) is 0 Å². The Morgan fingerprint density at radius 2 is 2.17 bits per heavy atom. The van der Waals surface area contributed by atoms with E-state index in [0.29, 0.717) is 27.7 Å². The number of hydrogen-bond acceptors (Lipinski definition) is 6. The van der Waals surface area contributed by atoms with Gasteiger partial charge in [0.05, 0.1) is 12.0 Å². The van der Waals surface area contributed by atoms with Gasteiger partial charge in [-0.1, -0.05) is 23.5 Å². The van der Waals surface area contributed by atoms with E-state index in [4.69, 9.17) is 9.56 Å². The van der Waals surface area contributed by atoms with Gasteiger partial charge in [-0.25, -0.2) is 22.9 Å². The smallest absolute Gasteiger partial charge is 0.249 e. The van der Waals surface area contributed by atoms with Crippen LogP contribution in [0.15, 0.2) is 45.2 Å². The monoisotopic (exact) mass is 367 g/mol. The molecule has 0 spiro atoms. The zero-order valence-corrected chi connectivity index (χ0v) is 14.2. The van der Waals surface area contributed by atoms with Crippen LogP contribution in [0.2, 0.25) is 0 Å². The molecule has 9 heteroatoms. The average Bonchev–Trinajstić information content (AvgIpc) is 3.14. The highest BCUT2D eigenvalue weighted by Crippen LogP contribution is 2.27. The first-order chi connectivity index (χ1) is 11.3. The zero-order chi connectivity index (χ0) is 17.3. The first kappa shape index (κ1) is 16.6. The molecule has 2 aromatic heterocycles. The Morgan fingerprint density at radius 1 is 1.38 bits per heavy atom. The van der Waals surface area contributed by atoms with Gasteiger partial charge in [0.25, 0.3) is 0 Å². The third-order valence-corrected chi connectivity index (χ3v) is 5.97. The highest BCUT2D eigenvalue weighted by atomic mass is 32.2. The van der Waals surface area contributed by atoms with E-state index in [1.54, 1.807) is 31.2 Å². The second-order valence-corrected chi connectivity index (χ2v) is 7.83. The third-order valence-electron chi connectivity index (χ3n) is 3.30. The molecule has 24 heavy (non-hydrogen) atoms. The molecular formula is C15H14FN3O3S2. The number of primary sulfonamides is 1. The number of hydrogen-bond donors (Lipinski definition) is 2. The zero-order valence-electron chi connectivity index (χ0n) is 12.6. The number of aryl methyl sites for hydroxylation is 1. The lowest BCUT2D eigenvalue weighted by atomic mass is 10.1. The fraction of sp³-hybridized carbons (Fsp3) is 0.133. The molecule has 0 aliphatic rings. The SMILES string of the molecule is Cc1nc(NCc2ccc(-c3ccco3)cc2F)sc1S(N)(=O)=O. The summed E-state index contributed by atoms with van der Waals surface area (Å²) >= 11 is 0.920. The molecule has 0 fully saturated rings. The molecule has 6 nitrogen and oxygen atoms in total. The maximum atomic E-state index is 14.2. The quantitative estimate of drug-likeness (QED) is 0.722. The molecule has 3 N–H and O–H groups in total. The maximum absolute atomic E-state index is 14.2. The standard InChI is InChI=1S/C15H14FN3O3S2/c1-9-14(24(17,20)21)23-15(19-9)18-8-11-5-4-10(7-12(11)16)13-3-2-6-22-13/h2-7H,8H2,1H3,(H,18,19)(H2,17,20,21). The van der Waals surface area contributed by atoms with Gasteiger partial charge in [-0.05, 0) is 25.1 Å². The van der Waals surface area contributed by atoms with Crippen LogP contribution in [0.3, 0.4) is 0 Å². The van der Waals surface area contributed by atoms with Gasteiger partial charge < -0.3 is 9.73 Å². The molecule has 0 aliphatic heterocycles. The van der Waals surface area contributed by atoms with Gasteiger partial charge in [0.15, 0.2) is 9.34 Å². The number of anilines is 1. The molecule has 0 amide bonds. The van der Waals surface area contributed by atoms with Crippen molar-refractivity contribution in [3.05, 3.63) is 53.7 Å². The van der Waals surface area contributed by atoms with Crippen LogP contribution in [0.5, 0.6) is 0 Å². The maximum Gasteiger partial charge on any atom is 0.249 e. The van der Waals surface area contributed by atoms with Crippen molar-refractivity contribution >= 4 is 26.5 Å². The van der Waals surface area contributed by atoms with Crippen molar-refractivity contribution in [2.24, 2.45) is 5.14 Å². The van der Waals surface area contributed by atoms with Crippen LogP contribution in [0.1, 0.15) is 11.3 Å². The topological polar surface area (TPSA) is 98.2 Å². The normalized spacial score (nSPS) is 11.6. The number of furan rings is 1. The van der Waals surface area contributed by atoms with Gasteiger partial charge in [-0.3, -0.25) is 0 Å². The van der Waals surface area contributed by atoms with Crippen LogP contribution in [-0.4, -0.2) is 13.4 Å². The molecule has 3 rings (SSSR count). The van der Waals surface area contributed by atoms with Gasteiger partial charge in [0, 0.05) is 17.7 Å². The van der Waals surface area contributed by atoms with Crippen molar-refractivity contribution in [1.82, 2.24) is 4.98 Å². The van der Waals surface area contributed by atoms with Crippen molar-refractivity contribution in [3.8, 4) is 11.3 Å².